The number of ether oxygens (including phenoxy) is 1. The molecule has 0 atom stereocenters. The van der Waals surface area contributed by atoms with Crippen molar-refractivity contribution in [3.05, 3.63) is 28.3 Å². The van der Waals surface area contributed by atoms with Gasteiger partial charge < -0.3 is 10.1 Å². The number of rotatable bonds is 0. The van der Waals surface area contributed by atoms with Gasteiger partial charge in [0.15, 0.2) is 0 Å². The van der Waals surface area contributed by atoms with E-state index in [4.69, 9.17) is 16.3 Å². The Balaban J connectivity index is 2.47. The number of hydrogen-bond acceptors (Lipinski definition) is 2. The molecule has 0 saturated carbocycles. The molecule has 3 heteroatoms. The van der Waals surface area contributed by atoms with Crippen LogP contribution in [0.1, 0.15) is 11.1 Å². The van der Waals surface area contributed by atoms with E-state index in [9.17, 15) is 0 Å². The van der Waals surface area contributed by atoms with Gasteiger partial charge in [-0.2, -0.15) is 0 Å². The first-order valence-corrected chi connectivity index (χ1v) is 4.78. The maximum atomic E-state index is 5.95. The van der Waals surface area contributed by atoms with Gasteiger partial charge >= 0.3 is 0 Å². The minimum atomic E-state index is 0.732. The summed E-state index contributed by atoms with van der Waals surface area (Å²) in [6.07, 6.45) is 0. The molecule has 0 amide bonds. The van der Waals surface area contributed by atoms with Crippen LogP contribution < -0.4 is 10.1 Å². The average molecular weight is 198 g/mol. The molecule has 0 spiro atoms. The van der Waals surface area contributed by atoms with Gasteiger partial charge in [0.1, 0.15) is 12.4 Å². The molecule has 2 nitrogen and oxygen atoms in total. The smallest absolute Gasteiger partial charge is 0.126 e. The average Bonchev–Trinajstić information content (AvgIpc) is 2.28. The van der Waals surface area contributed by atoms with Crippen LogP contribution in [0.25, 0.3) is 0 Å². The molecule has 0 fully saturated rings. The van der Waals surface area contributed by atoms with Gasteiger partial charge in [-0.25, -0.2) is 0 Å². The molecule has 0 aliphatic carbocycles. The fourth-order valence-electron chi connectivity index (χ4n) is 1.59. The lowest BCUT2D eigenvalue weighted by molar-refractivity contribution is 0.323. The van der Waals surface area contributed by atoms with E-state index in [-0.39, 0.29) is 0 Å². The van der Waals surface area contributed by atoms with E-state index in [0.29, 0.717) is 0 Å². The van der Waals surface area contributed by atoms with Gasteiger partial charge in [0.25, 0.3) is 0 Å². The van der Waals surface area contributed by atoms with Crippen molar-refractivity contribution < 1.29 is 4.74 Å². The lowest BCUT2D eigenvalue weighted by Gasteiger charge is -2.09. The molecule has 1 aliphatic rings. The predicted molar refractivity (Wildman–Crippen MR) is 53.4 cm³/mol. The van der Waals surface area contributed by atoms with Crippen molar-refractivity contribution in [2.24, 2.45) is 0 Å². The van der Waals surface area contributed by atoms with Crippen LogP contribution in [0.2, 0.25) is 5.02 Å². The lowest BCUT2D eigenvalue weighted by atomic mass is 10.1. The Morgan fingerprint density at radius 1 is 1.46 bits per heavy atom. The second-order valence-electron chi connectivity index (χ2n) is 3.24. The Hall–Kier alpha value is -0.730. The van der Waals surface area contributed by atoms with Crippen molar-refractivity contribution in [3.8, 4) is 5.75 Å². The van der Waals surface area contributed by atoms with Crippen LogP contribution in [0, 0.1) is 6.92 Å². The topological polar surface area (TPSA) is 21.3 Å². The van der Waals surface area contributed by atoms with E-state index >= 15 is 0 Å². The van der Waals surface area contributed by atoms with Gasteiger partial charge in [-0.3, -0.25) is 0 Å². The number of hydrogen-bond donors (Lipinski definition) is 1. The fraction of sp³-hybridized carbons (Fsp3) is 0.400. The second kappa shape index (κ2) is 3.56. The van der Waals surface area contributed by atoms with Crippen LogP contribution in [0.5, 0.6) is 5.75 Å². The maximum Gasteiger partial charge on any atom is 0.126 e. The van der Waals surface area contributed by atoms with Crippen LogP contribution in [0.3, 0.4) is 0 Å². The highest BCUT2D eigenvalue weighted by Gasteiger charge is 2.11. The van der Waals surface area contributed by atoms with Gasteiger partial charge in [0.2, 0.25) is 0 Å². The number of aryl methyl sites for hydroxylation is 1. The number of benzene rings is 1. The second-order valence-corrected chi connectivity index (χ2v) is 3.67. The van der Waals surface area contributed by atoms with E-state index < -0.39 is 0 Å². The molecule has 70 valence electrons. The minimum absolute atomic E-state index is 0.732. The first kappa shape index (κ1) is 8.85. The Labute approximate surface area is 82.9 Å². The Morgan fingerprint density at radius 3 is 3.15 bits per heavy atom. The molecule has 1 heterocycles. The highest BCUT2D eigenvalue weighted by molar-refractivity contribution is 6.30. The van der Waals surface area contributed by atoms with Crippen molar-refractivity contribution in [1.82, 2.24) is 5.32 Å². The SMILES string of the molecule is Cc1cc(Cl)cc2c1OCCNC2. The Kier molecular flexibility index (Phi) is 2.42. The Bertz CT molecular complexity index is 325. The third-order valence-corrected chi connectivity index (χ3v) is 2.38. The summed E-state index contributed by atoms with van der Waals surface area (Å²) in [6, 6.07) is 3.90. The molecular weight excluding hydrogens is 186 g/mol. The minimum Gasteiger partial charge on any atom is -0.492 e. The monoisotopic (exact) mass is 197 g/mol. The van der Waals surface area contributed by atoms with Gasteiger partial charge in [-0.05, 0) is 24.6 Å². The van der Waals surface area contributed by atoms with Crippen molar-refractivity contribution in [2.75, 3.05) is 13.2 Å². The third kappa shape index (κ3) is 1.79. The third-order valence-electron chi connectivity index (χ3n) is 2.16. The highest BCUT2D eigenvalue weighted by atomic mass is 35.5. The van der Waals surface area contributed by atoms with E-state index in [0.717, 1.165) is 41.6 Å². The lowest BCUT2D eigenvalue weighted by Crippen LogP contribution is -2.16. The molecule has 1 aromatic carbocycles. The Morgan fingerprint density at radius 2 is 2.31 bits per heavy atom. The van der Waals surface area contributed by atoms with Crippen LogP contribution in [0.4, 0.5) is 0 Å². The summed E-state index contributed by atoms with van der Waals surface area (Å²) >= 11 is 5.95. The van der Waals surface area contributed by atoms with E-state index in [1.54, 1.807) is 0 Å². The summed E-state index contributed by atoms with van der Waals surface area (Å²) in [5.74, 6) is 0.995. The molecule has 1 aromatic rings. The van der Waals surface area contributed by atoms with Crippen molar-refractivity contribution >= 4 is 11.6 Å². The molecule has 0 unspecified atom stereocenters. The fourth-order valence-corrected chi connectivity index (χ4v) is 1.88. The standard InChI is InChI=1S/C10H12ClNO/c1-7-4-9(11)5-8-6-12-2-3-13-10(7)8/h4-5,12H,2-3,6H2,1H3. The normalized spacial score (nSPS) is 15.8. The molecule has 1 N–H and O–H groups in total. The zero-order chi connectivity index (χ0) is 9.26. The largest absolute Gasteiger partial charge is 0.492 e. The summed E-state index contributed by atoms with van der Waals surface area (Å²) in [7, 11) is 0. The van der Waals surface area contributed by atoms with E-state index in [2.05, 4.69) is 5.32 Å². The number of nitrogens with one attached hydrogen (secondary N) is 1. The first-order valence-electron chi connectivity index (χ1n) is 4.40. The van der Waals surface area contributed by atoms with Crippen molar-refractivity contribution in [3.63, 3.8) is 0 Å². The van der Waals surface area contributed by atoms with Crippen molar-refractivity contribution in [1.29, 1.82) is 0 Å². The van der Waals surface area contributed by atoms with E-state index in [1.807, 2.05) is 19.1 Å². The van der Waals surface area contributed by atoms with Crippen LogP contribution in [-0.4, -0.2) is 13.2 Å². The van der Waals surface area contributed by atoms with Crippen LogP contribution >= 0.6 is 11.6 Å². The molecule has 0 aromatic heterocycles. The number of halogens is 1. The summed E-state index contributed by atoms with van der Waals surface area (Å²) < 4.78 is 5.61. The van der Waals surface area contributed by atoms with Gasteiger partial charge in [0, 0.05) is 23.7 Å². The van der Waals surface area contributed by atoms with Gasteiger partial charge in [-0.15, -0.1) is 0 Å². The van der Waals surface area contributed by atoms with Crippen LogP contribution in [-0.2, 0) is 6.54 Å². The molecule has 0 saturated heterocycles. The highest BCUT2D eigenvalue weighted by Crippen LogP contribution is 2.28. The molecule has 2 rings (SSSR count). The van der Waals surface area contributed by atoms with Crippen molar-refractivity contribution in [2.45, 2.75) is 13.5 Å². The van der Waals surface area contributed by atoms with E-state index in [1.165, 1.54) is 0 Å². The zero-order valence-electron chi connectivity index (χ0n) is 7.56. The molecule has 0 radical (unpaired) electrons. The first-order chi connectivity index (χ1) is 6.27. The molecule has 1 aliphatic heterocycles. The summed E-state index contributed by atoms with van der Waals surface area (Å²) in [4.78, 5) is 0. The summed E-state index contributed by atoms with van der Waals surface area (Å²) in [6.45, 7) is 4.49. The predicted octanol–water partition coefficient (Wildman–Crippen LogP) is 2.13. The summed E-state index contributed by atoms with van der Waals surface area (Å²) in [5.41, 5.74) is 2.27. The number of fused-ring (bicyclic) bond motifs is 1. The quantitative estimate of drug-likeness (QED) is 0.688. The summed E-state index contributed by atoms with van der Waals surface area (Å²) in [5, 5.41) is 4.06. The molecular formula is C10H12ClNO. The molecule has 0 bridgehead atoms. The maximum absolute atomic E-state index is 5.95. The zero-order valence-corrected chi connectivity index (χ0v) is 8.32. The van der Waals surface area contributed by atoms with Gasteiger partial charge in [0.05, 0.1) is 0 Å². The van der Waals surface area contributed by atoms with Gasteiger partial charge in [-0.1, -0.05) is 11.6 Å². The van der Waals surface area contributed by atoms with Crippen LogP contribution in [0.15, 0.2) is 12.1 Å². The molecule has 13 heavy (non-hydrogen) atoms.